The number of ether oxygens (including phenoxy) is 1. The molecule has 130 valence electrons. The SMILES string of the molecule is c1ccc(OCCCn2c(C3CCCCC3)nc3ccccc32)cc1. The molecule has 0 radical (unpaired) electrons. The van der Waals surface area contributed by atoms with Crippen molar-refractivity contribution in [2.75, 3.05) is 6.61 Å². The minimum absolute atomic E-state index is 0.621. The molecule has 0 atom stereocenters. The molecule has 1 heterocycles. The van der Waals surface area contributed by atoms with Gasteiger partial charge in [0.15, 0.2) is 0 Å². The Labute approximate surface area is 149 Å². The van der Waals surface area contributed by atoms with E-state index in [1.54, 1.807) is 0 Å². The minimum Gasteiger partial charge on any atom is -0.494 e. The van der Waals surface area contributed by atoms with Crippen LogP contribution in [-0.2, 0) is 6.54 Å². The lowest BCUT2D eigenvalue weighted by atomic mass is 9.88. The maximum Gasteiger partial charge on any atom is 0.119 e. The van der Waals surface area contributed by atoms with Gasteiger partial charge in [0.1, 0.15) is 11.6 Å². The van der Waals surface area contributed by atoms with Gasteiger partial charge < -0.3 is 9.30 Å². The molecule has 0 spiro atoms. The topological polar surface area (TPSA) is 27.1 Å². The first kappa shape index (κ1) is 16.2. The van der Waals surface area contributed by atoms with Gasteiger partial charge in [0.25, 0.3) is 0 Å². The Morgan fingerprint density at radius 2 is 1.68 bits per heavy atom. The molecule has 0 amide bonds. The molecule has 1 aliphatic rings. The summed E-state index contributed by atoms with van der Waals surface area (Å²) in [5.74, 6) is 2.86. The molecule has 3 heteroatoms. The highest BCUT2D eigenvalue weighted by Crippen LogP contribution is 2.34. The average molecular weight is 334 g/mol. The van der Waals surface area contributed by atoms with Crippen molar-refractivity contribution in [3.63, 3.8) is 0 Å². The highest BCUT2D eigenvalue weighted by molar-refractivity contribution is 5.76. The number of hydrogen-bond acceptors (Lipinski definition) is 2. The van der Waals surface area contributed by atoms with E-state index in [0.29, 0.717) is 5.92 Å². The molecule has 3 aromatic rings. The second kappa shape index (κ2) is 7.73. The lowest BCUT2D eigenvalue weighted by Gasteiger charge is -2.22. The van der Waals surface area contributed by atoms with Crippen LogP contribution in [0.4, 0.5) is 0 Å². The number of aromatic nitrogens is 2. The van der Waals surface area contributed by atoms with E-state index in [0.717, 1.165) is 30.8 Å². The molecular weight excluding hydrogens is 308 g/mol. The summed E-state index contributed by atoms with van der Waals surface area (Å²) < 4.78 is 8.31. The molecule has 0 unspecified atom stereocenters. The van der Waals surface area contributed by atoms with Gasteiger partial charge in [-0.05, 0) is 43.5 Å². The fourth-order valence-electron chi connectivity index (χ4n) is 3.93. The minimum atomic E-state index is 0.621. The number of hydrogen-bond donors (Lipinski definition) is 0. The van der Waals surface area contributed by atoms with Crippen LogP contribution in [0.1, 0.15) is 50.3 Å². The van der Waals surface area contributed by atoms with Gasteiger partial charge in [-0.1, -0.05) is 49.6 Å². The smallest absolute Gasteiger partial charge is 0.119 e. The number of aryl methyl sites for hydroxylation is 1. The molecule has 0 N–H and O–H groups in total. The molecule has 1 saturated carbocycles. The van der Waals surface area contributed by atoms with Gasteiger partial charge in [0.05, 0.1) is 17.6 Å². The van der Waals surface area contributed by atoms with Crippen LogP contribution in [0, 0.1) is 0 Å². The number of para-hydroxylation sites is 3. The van der Waals surface area contributed by atoms with Crippen LogP contribution < -0.4 is 4.74 Å². The lowest BCUT2D eigenvalue weighted by molar-refractivity contribution is 0.300. The first-order chi connectivity index (χ1) is 12.4. The second-order valence-corrected chi connectivity index (χ2v) is 6.96. The van der Waals surface area contributed by atoms with E-state index in [1.165, 1.54) is 43.4 Å². The molecule has 1 fully saturated rings. The van der Waals surface area contributed by atoms with Gasteiger partial charge >= 0.3 is 0 Å². The van der Waals surface area contributed by atoms with Crippen LogP contribution in [0.25, 0.3) is 11.0 Å². The average Bonchev–Trinajstić information content (AvgIpc) is 3.05. The Morgan fingerprint density at radius 3 is 2.52 bits per heavy atom. The summed E-state index contributed by atoms with van der Waals surface area (Å²) >= 11 is 0. The summed E-state index contributed by atoms with van der Waals surface area (Å²) in [6.45, 7) is 1.71. The predicted molar refractivity (Wildman–Crippen MR) is 102 cm³/mol. The summed E-state index contributed by atoms with van der Waals surface area (Å²) in [5.41, 5.74) is 2.40. The van der Waals surface area contributed by atoms with Gasteiger partial charge in [-0.15, -0.1) is 0 Å². The summed E-state index contributed by atoms with van der Waals surface area (Å²) in [5, 5.41) is 0. The van der Waals surface area contributed by atoms with Crippen molar-refractivity contribution in [1.82, 2.24) is 9.55 Å². The summed E-state index contributed by atoms with van der Waals surface area (Å²) in [7, 11) is 0. The Hall–Kier alpha value is -2.29. The van der Waals surface area contributed by atoms with E-state index >= 15 is 0 Å². The molecule has 0 bridgehead atoms. The zero-order chi connectivity index (χ0) is 16.9. The summed E-state index contributed by atoms with van der Waals surface area (Å²) in [4.78, 5) is 5.00. The lowest BCUT2D eigenvalue weighted by Crippen LogP contribution is -2.13. The van der Waals surface area contributed by atoms with Crippen molar-refractivity contribution in [3.05, 3.63) is 60.4 Å². The van der Waals surface area contributed by atoms with Gasteiger partial charge in [0, 0.05) is 12.5 Å². The van der Waals surface area contributed by atoms with Crippen molar-refractivity contribution in [1.29, 1.82) is 0 Å². The number of benzene rings is 2. The molecule has 0 aliphatic heterocycles. The highest BCUT2D eigenvalue weighted by atomic mass is 16.5. The predicted octanol–water partition coefficient (Wildman–Crippen LogP) is 5.55. The molecule has 2 aromatic carbocycles. The van der Waals surface area contributed by atoms with Crippen molar-refractivity contribution < 1.29 is 4.74 Å². The summed E-state index contributed by atoms with van der Waals surface area (Å²) in [6.07, 6.45) is 7.61. The molecule has 1 aliphatic carbocycles. The Kier molecular flexibility index (Phi) is 5.01. The van der Waals surface area contributed by atoms with Gasteiger partial charge in [0.2, 0.25) is 0 Å². The molecular formula is C22H26N2O. The third-order valence-corrected chi connectivity index (χ3v) is 5.19. The van der Waals surface area contributed by atoms with E-state index in [1.807, 2.05) is 30.3 Å². The van der Waals surface area contributed by atoms with Crippen LogP contribution in [-0.4, -0.2) is 16.2 Å². The maximum absolute atomic E-state index is 5.87. The monoisotopic (exact) mass is 334 g/mol. The second-order valence-electron chi connectivity index (χ2n) is 6.96. The van der Waals surface area contributed by atoms with Crippen LogP contribution in [0.3, 0.4) is 0 Å². The molecule has 3 nitrogen and oxygen atoms in total. The first-order valence-corrected chi connectivity index (χ1v) is 9.55. The Morgan fingerprint density at radius 1 is 0.920 bits per heavy atom. The van der Waals surface area contributed by atoms with Crippen LogP contribution >= 0.6 is 0 Å². The van der Waals surface area contributed by atoms with Crippen LogP contribution in [0.15, 0.2) is 54.6 Å². The third-order valence-electron chi connectivity index (χ3n) is 5.19. The largest absolute Gasteiger partial charge is 0.494 e. The summed E-state index contributed by atoms with van der Waals surface area (Å²) in [6, 6.07) is 18.6. The highest BCUT2D eigenvalue weighted by Gasteiger charge is 2.22. The van der Waals surface area contributed by atoms with Crippen molar-refractivity contribution in [2.24, 2.45) is 0 Å². The fourth-order valence-corrected chi connectivity index (χ4v) is 3.93. The van der Waals surface area contributed by atoms with E-state index < -0.39 is 0 Å². The van der Waals surface area contributed by atoms with Crippen molar-refractivity contribution >= 4 is 11.0 Å². The number of nitrogens with zero attached hydrogens (tertiary/aromatic N) is 2. The van der Waals surface area contributed by atoms with Crippen LogP contribution in [0.2, 0.25) is 0 Å². The van der Waals surface area contributed by atoms with E-state index in [9.17, 15) is 0 Å². The Bertz CT molecular complexity index is 803. The van der Waals surface area contributed by atoms with Crippen molar-refractivity contribution in [3.8, 4) is 5.75 Å². The zero-order valence-electron chi connectivity index (χ0n) is 14.7. The first-order valence-electron chi connectivity index (χ1n) is 9.55. The standard InChI is InChI=1S/C22H26N2O/c1-3-10-18(11-4-1)22-23-20-14-7-8-15-21(20)24(22)16-9-17-25-19-12-5-2-6-13-19/h2,5-8,12-15,18H,1,3-4,9-11,16-17H2. The third kappa shape index (κ3) is 3.71. The molecule has 4 rings (SSSR count). The zero-order valence-corrected chi connectivity index (χ0v) is 14.7. The number of imidazole rings is 1. The molecule has 0 saturated heterocycles. The van der Waals surface area contributed by atoms with Crippen molar-refractivity contribution in [2.45, 2.75) is 51.0 Å². The van der Waals surface area contributed by atoms with E-state index in [2.05, 4.69) is 28.8 Å². The van der Waals surface area contributed by atoms with Crippen LogP contribution in [0.5, 0.6) is 5.75 Å². The van der Waals surface area contributed by atoms with Gasteiger partial charge in [-0.2, -0.15) is 0 Å². The Balaban J connectivity index is 1.49. The fraction of sp³-hybridized carbons (Fsp3) is 0.409. The molecule has 25 heavy (non-hydrogen) atoms. The normalized spacial score (nSPS) is 15.5. The van der Waals surface area contributed by atoms with Gasteiger partial charge in [-0.25, -0.2) is 4.98 Å². The van der Waals surface area contributed by atoms with E-state index in [-0.39, 0.29) is 0 Å². The number of fused-ring (bicyclic) bond motifs is 1. The van der Waals surface area contributed by atoms with Gasteiger partial charge in [-0.3, -0.25) is 0 Å². The maximum atomic E-state index is 5.87. The quantitative estimate of drug-likeness (QED) is 0.552. The number of rotatable bonds is 6. The molecule has 1 aromatic heterocycles. The van der Waals surface area contributed by atoms with E-state index in [4.69, 9.17) is 9.72 Å².